The van der Waals surface area contributed by atoms with Crippen LogP contribution in [0.4, 0.5) is 0 Å². The van der Waals surface area contributed by atoms with Gasteiger partial charge in [0, 0.05) is 34.7 Å². The molecule has 1 saturated carbocycles. The van der Waals surface area contributed by atoms with Crippen molar-refractivity contribution >= 4 is 17.9 Å². The molecule has 7 nitrogen and oxygen atoms in total. The highest BCUT2D eigenvalue weighted by Gasteiger charge is 2.26. The minimum absolute atomic E-state index is 0.00304. The Kier molecular flexibility index (Phi) is 5.37. The number of nitrogens with one attached hydrogen (secondary N) is 1. The van der Waals surface area contributed by atoms with Gasteiger partial charge in [-0.25, -0.2) is 8.99 Å². The standard InChI is InChI=1S/C24H30N6OS/c1-16-5-6-17(23(31)27-19-7-8-19)11-20(16)18-12-25-30(14-18)21-13-26-29-10-9-28(15-22(21)29)32-24(2,3)4/h5-6,11-14,19H,7-10,15H2,1-4H3,(H,27,31). The van der Waals surface area contributed by atoms with Crippen LogP contribution in [-0.2, 0) is 13.1 Å². The van der Waals surface area contributed by atoms with E-state index >= 15 is 0 Å². The summed E-state index contributed by atoms with van der Waals surface area (Å²) in [5.74, 6) is 0.00304. The highest BCUT2D eigenvalue weighted by molar-refractivity contribution is 7.98. The van der Waals surface area contributed by atoms with E-state index in [1.807, 2.05) is 53.4 Å². The number of rotatable bonds is 5. The van der Waals surface area contributed by atoms with E-state index in [0.717, 1.165) is 54.9 Å². The lowest BCUT2D eigenvalue weighted by atomic mass is 10.0. The SMILES string of the molecule is Cc1ccc(C(=O)NC2CC2)cc1-c1cnn(-c2cnn3c2CN(SC(C)(C)C)CC3)c1. The molecular weight excluding hydrogens is 420 g/mol. The number of aryl methyl sites for hydroxylation is 1. The Balaban J connectivity index is 1.41. The molecule has 0 spiro atoms. The molecule has 3 aromatic rings. The molecule has 2 aliphatic rings. The van der Waals surface area contributed by atoms with Crippen LogP contribution < -0.4 is 5.32 Å². The summed E-state index contributed by atoms with van der Waals surface area (Å²) in [6.45, 7) is 11.5. The van der Waals surface area contributed by atoms with Gasteiger partial charge in [-0.3, -0.25) is 9.48 Å². The third kappa shape index (κ3) is 4.47. The average Bonchev–Trinajstić information content (AvgIpc) is 3.24. The van der Waals surface area contributed by atoms with Gasteiger partial charge in [-0.1, -0.05) is 18.0 Å². The Bertz CT molecular complexity index is 1150. The highest BCUT2D eigenvalue weighted by Crippen LogP contribution is 2.32. The van der Waals surface area contributed by atoms with Crippen LogP contribution in [0.5, 0.6) is 0 Å². The molecule has 1 amide bonds. The smallest absolute Gasteiger partial charge is 0.251 e. The lowest BCUT2D eigenvalue weighted by Crippen LogP contribution is -2.32. The molecule has 168 valence electrons. The molecule has 3 heterocycles. The third-order valence-corrected chi connectivity index (χ3v) is 6.89. The van der Waals surface area contributed by atoms with E-state index in [2.05, 4.69) is 52.2 Å². The number of hydrogen-bond acceptors (Lipinski definition) is 5. The Morgan fingerprint density at radius 2 is 1.97 bits per heavy atom. The zero-order valence-corrected chi connectivity index (χ0v) is 19.9. The number of aromatic nitrogens is 4. The average molecular weight is 451 g/mol. The maximum absolute atomic E-state index is 12.5. The summed E-state index contributed by atoms with van der Waals surface area (Å²) < 4.78 is 6.59. The van der Waals surface area contributed by atoms with Gasteiger partial charge in [0.25, 0.3) is 5.91 Å². The molecule has 32 heavy (non-hydrogen) atoms. The van der Waals surface area contributed by atoms with Gasteiger partial charge in [-0.2, -0.15) is 10.2 Å². The topological polar surface area (TPSA) is 68.0 Å². The van der Waals surface area contributed by atoms with E-state index < -0.39 is 0 Å². The van der Waals surface area contributed by atoms with Crippen molar-refractivity contribution in [3.8, 4) is 16.8 Å². The fourth-order valence-electron chi connectivity index (χ4n) is 4.03. The Morgan fingerprint density at radius 1 is 1.16 bits per heavy atom. The Labute approximate surface area is 193 Å². The number of nitrogens with zero attached hydrogens (tertiary/aromatic N) is 5. The van der Waals surface area contributed by atoms with Gasteiger partial charge in [-0.05, 0) is 63.8 Å². The molecule has 1 aliphatic heterocycles. The number of carbonyl (C=O) groups is 1. The van der Waals surface area contributed by atoms with Gasteiger partial charge in [0.15, 0.2) is 0 Å². The predicted octanol–water partition coefficient (Wildman–Crippen LogP) is 4.20. The molecule has 0 radical (unpaired) electrons. The minimum Gasteiger partial charge on any atom is -0.349 e. The number of fused-ring (bicyclic) bond motifs is 1. The molecule has 0 atom stereocenters. The summed E-state index contributed by atoms with van der Waals surface area (Å²) in [5.41, 5.74) is 6.04. The molecule has 0 bridgehead atoms. The molecular formula is C24H30N6OS. The van der Waals surface area contributed by atoms with Crippen LogP contribution in [0.1, 0.15) is 55.2 Å². The molecule has 8 heteroatoms. The summed E-state index contributed by atoms with van der Waals surface area (Å²) in [4.78, 5) is 12.5. The third-order valence-electron chi connectivity index (χ3n) is 5.77. The Morgan fingerprint density at radius 3 is 2.72 bits per heavy atom. The maximum atomic E-state index is 12.5. The zero-order valence-electron chi connectivity index (χ0n) is 19.1. The molecule has 2 aromatic heterocycles. The van der Waals surface area contributed by atoms with Crippen LogP contribution in [0.15, 0.2) is 36.8 Å². The highest BCUT2D eigenvalue weighted by atomic mass is 32.2. The molecule has 1 N–H and O–H groups in total. The van der Waals surface area contributed by atoms with E-state index in [-0.39, 0.29) is 10.7 Å². The van der Waals surface area contributed by atoms with Crippen molar-refractivity contribution in [3.63, 3.8) is 0 Å². The second kappa shape index (κ2) is 8.08. The van der Waals surface area contributed by atoms with E-state index in [1.54, 1.807) is 0 Å². The quantitative estimate of drug-likeness (QED) is 0.590. The number of carbonyl (C=O) groups excluding carboxylic acids is 1. The van der Waals surface area contributed by atoms with Crippen LogP contribution in [0.2, 0.25) is 0 Å². The zero-order chi connectivity index (χ0) is 22.5. The fraction of sp³-hybridized carbons (Fsp3) is 0.458. The van der Waals surface area contributed by atoms with E-state index in [0.29, 0.717) is 11.6 Å². The van der Waals surface area contributed by atoms with Gasteiger partial charge < -0.3 is 5.32 Å². The van der Waals surface area contributed by atoms with E-state index in [9.17, 15) is 4.79 Å². The van der Waals surface area contributed by atoms with Gasteiger partial charge in [-0.15, -0.1) is 0 Å². The lowest BCUT2D eigenvalue weighted by molar-refractivity contribution is 0.0951. The first-order chi connectivity index (χ1) is 15.3. The van der Waals surface area contributed by atoms with Gasteiger partial charge in [0.05, 0.1) is 31.2 Å². The van der Waals surface area contributed by atoms with Gasteiger partial charge >= 0.3 is 0 Å². The first kappa shape index (κ1) is 21.3. The fourth-order valence-corrected chi connectivity index (χ4v) is 5.16. The van der Waals surface area contributed by atoms with E-state index in [1.165, 1.54) is 5.69 Å². The van der Waals surface area contributed by atoms with Crippen LogP contribution in [0.25, 0.3) is 16.8 Å². The second-order valence-electron chi connectivity index (χ2n) is 9.72. The maximum Gasteiger partial charge on any atom is 0.251 e. The minimum atomic E-state index is 0.00304. The molecule has 1 aromatic carbocycles. The summed E-state index contributed by atoms with van der Waals surface area (Å²) in [6, 6.07) is 6.23. The van der Waals surface area contributed by atoms with Gasteiger partial charge in [0.2, 0.25) is 0 Å². The summed E-state index contributed by atoms with van der Waals surface area (Å²) >= 11 is 1.89. The molecule has 0 unspecified atom stereocenters. The second-order valence-corrected chi connectivity index (χ2v) is 11.6. The number of amides is 1. The summed E-state index contributed by atoms with van der Waals surface area (Å²) in [7, 11) is 0. The van der Waals surface area contributed by atoms with Crippen molar-refractivity contribution in [2.45, 2.75) is 64.4 Å². The normalized spacial score (nSPS) is 16.8. The van der Waals surface area contributed by atoms with Crippen LogP contribution in [0, 0.1) is 6.92 Å². The van der Waals surface area contributed by atoms with Crippen molar-refractivity contribution in [2.75, 3.05) is 6.54 Å². The van der Waals surface area contributed by atoms with Crippen LogP contribution in [0.3, 0.4) is 0 Å². The van der Waals surface area contributed by atoms with Gasteiger partial charge in [0.1, 0.15) is 5.69 Å². The van der Waals surface area contributed by atoms with Crippen LogP contribution in [-0.4, -0.2) is 47.1 Å². The van der Waals surface area contributed by atoms with Crippen LogP contribution >= 0.6 is 11.9 Å². The number of hydrogen-bond donors (Lipinski definition) is 1. The molecule has 5 rings (SSSR count). The van der Waals surface area contributed by atoms with Crippen molar-refractivity contribution in [3.05, 3.63) is 53.6 Å². The Hall–Kier alpha value is -2.58. The summed E-state index contributed by atoms with van der Waals surface area (Å²) in [5, 5.41) is 12.3. The molecule has 0 saturated heterocycles. The lowest BCUT2D eigenvalue weighted by Gasteiger charge is -2.32. The van der Waals surface area contributed by atoms with Crippen molar-refractivity contribution in [1.29, 1.82) is 0 Å². The molecule has 1 fully saturated rings. The first-order valence-electron chi connectivity index (χ1n) is 11.2. The number of benzene rings is 1. The molecule has 1 aliphatic carbocycles. The largest absolute Gasteiger partial charge is 0.349 e. The predicted molar refractivity (Wildman–Crippen MR) is 128 cm³/mol. The van der Waals surface area contributed by atoms with E-state index in [4.69, 9.17) is 0 Å². The monoisotopic (exact) mass is 450 g/mol. The van der Waals surface area contributed by atoms with Crippen molar-refractivity contribution < 1.29 is 4.79 Å². The van der Waals surface area contributed by atoms with Crippen molar-refractivity contribution in [2.24, 2.45) is 0 Å². The van der Waals surface area contributed by atoms with Crippen molar-refractivity contribution in [1.82, 2.24) is 29.2 Å². The summed E-state index contributed by atoms with van der Waals surface area (Å²) in [6.07, 6.45) is 7.99. The first-order valence-corrected chi connectivity index (χ1v) is 12.0.